The molecular weight excluding hydrogens is 627 g/mol. The highest BCUT2D eigenvalue weighted by molar-refractivity contribution is 5.80. The average molecular weight is 664 g/mol. The van der Waals surface area contributed by atoms with E-state index in [-0.39, 0.29) is 11.6 Å². The number of nitrogens with zero attached hydrogens (tertiary/aromatic N) is 4. The number of alkyl halides is 3. The molecule has 0 amide bonds. The maximum atomic E-state index is 14.3. The van der Waals surface area contributed by atoms with Crippen molar-refractivity contribution in [3.05, 3.63) is 98.5 Å². The van der Waals surface area contributed by atoms with E-state index in [0.29, 0.717) is 61.1 Å². The number of halogens is 3. The summed E-state index contributed by atoms with van der Waals surface area (Å²) >= 11 is 0. The third-order valence-electron chi connectivity index (χ3n) is 9.21. The first kappa shape index (κ1) is 33.0. The molecule has 0 spiro atoms. The summed E-state index contributed by atoms with van der Waals surface area (Å²) in [6.45, 7) is 3.69. The fourth-order valence-electron chi connectivity index (χ4n) is 6.34. The Morgan fingerprint density at radius 2 is 1.69 bits per heavy atom. The second kappa shape index (κ2) is 12.9. The molecule has 6 rings (SSSR count). The van der Waals surface area contributed by atoms with Crippen LogP contribution in [0.4, 0.5) is 13.2 Å². The van der Waals surface area contributed by atoms with Crippen molar-refractivity contribution in [1.82, 2.24) is 24.3 Å². The van der Waals surface area contributed by atoms with Crippen LogP contribution in [0.25, 0.3) is 28.2 Å². The molecule has 10 nitrogen and oxygen atoms in total. The summed E-state index contributed by atoms with van der Waals surface area (Å²) in [7, 11) is 0. The second-order valence-corrected chi connectivity index (χ2v) is 12.8. The van der Waals surface area contributed by atoms with Crippen LogP contribution in [0.2, 0.25) is 0 Å². The Morgan fingerprint density at radius 1 is 1.00 bits per heavy atom. The Kier molecular flexibility index (Phi) is 8.88. The van der Waals surface area contributed by atoms with Crippen molar-refractivity contribution in [3.8, 4) is 22.5 Å². The van der Waals surface area contributed by atoms with Crippen molar-refractivity contribution in [1.29, 1.82) is 0 Å². The van der Waals surface area contributed by atoms with Crippen LogP contribution in [0, 0.1) is 5.41 Å². The van der Waals surface area contributed by atoms with Crippen LogP contribution in [0.15, 0.2) is 74.9 Å². The van der Waals surface area contributed by atoms with E-state index < -0.39 is 29.4 Å². The number of aromatic amines is 1. The summed E-state index contributed by atoms with van der Waals surface area (Å²) < 4.78 is 53.7. The number of hydrogen-bond acceptors (Lipinski definition) is 7. The van der Waals surface area contributed by atoms with Crippen LogP contribution < -0.4 is 11.3 Å². The molecule has 252 valence electrons. The minimum absolute atomic E-state index is 0.130. The molecule has 0 bridgehead atoms. The van der Waals surface area contributed by atoms with E-state index in [1.807, 2.05) is 60.0 Å². The number of H-pyrrole nitrogens is 1. The van der Waals surface area contributed by atoms with E-state index in [1.165, 1.54) is 0 Å². The Hall–Kier alpha value is -4.94. The number of benzene rings is 2. The molecule has 48 heavy (non-hydrogen) atoms. The molecule has 0 aliphatic heterocycles. The molecular formula is C35H36F3N5O5. The third-order valence-corrected chi connectivity index (χ3v) is 9.21. The zero-order valence-corrected chi connectivity index (χ0v) is 26.8. The van der Waals surface area contributed by atoms with E-state index in [4.69, 9.17) is 9.26 Å². The SMILES string of the molecule is CCCc1c(Cc2ccc(-c3ccccc3-c3noc(=O)[nH]3)cc2)c(=O)n(C2CCC(OC(=O)C(C)(C)C(F)(F)F)CC2)c2ccnn12. The molecule has 5 aromatic rings. The van der Waals surface area contributed by atoms with Gasteiger partial charge in [-0.1, -0.05) is 67.0 Å². The van der Waals surface area contributed by atoms with Gasteiger partial charge in [0.2, 0.25) is 0 Å². The van der Waals surface area contributed by atoms with Crippen molar-refractivity contribution in [2.24, 2.45) is 5.41 Å². The topological polar surface area (TPSA) is 124 Å². The molecule has 0 unspecified atom stereocenters. The predicted octanol–water partition coefficient (Wildman–Crippen LogP) is 6.67. The summed E-state index contributed by atoms with van der Waals surface area (Å²) in [4.78, 5) is 40.9. The number of rotatable bonds is 9. The molecule has 1 saturated carbocycles. The van der Waals surface area contributed by atoms with Gasteiger partial charge in [-0.05, 0) is 62.6 Å². The summed E-state index contributed by atoms with van der Waals surface area (Å²) in [5.74, 6) is -1.60. The lowest BCUT2D eigenvalue weighted by atomic mass is 9.90. The number of esters is 1. The normalized spacial score (nSPS) is 17.1. The van der Waals surface area contributed by atoms with Gasteiger partial charge in [-0.2, -0.15) is 18.3 Å². The maximum Gasteiger partial charge on any atom is 0.439 e. The van der Waals surface area contributed by atoms with Crippen LogP contribution in [0.5, 0.6) is 0 Å². The van der Waals surface area contributed by atoms with Crippen LogP contribution in [0.1, 0.15) is 75.7 Å². The smallest absolute Gasteiger partial charge is 0.439 e. The number of fused-ring (bicyclic) bond motifs is 1. The van der Waals surface area contributed by atoms with Gasteiger partial charge in [-0.3, -0.25) is 23.7 Å². The Morgan fingerprint density at radius 3 is 2.31 bits per heavy atom. The highest BCUT2D eigenvalue weighted by Gasteiger charge is 2.54. The van der Waals surface area contributed by atoms with Gasteiger partial charge in [0.15, 0.2) is 11.2 Å². The first-order valence-corrected chi connectivity index (χ1v) is 16.0. The zero-order valence-electron chi connectivity index (χ0n) is 26.8. The number of carbonyl (C=O) groups excluding carboxylic acids is 1. The van der Waals surface area contributed by atoms with Gasteiger partial charge in [-0.15, -0.1) is 0 Å². The van der Waals surface area contributed by atoms with Crippen molar-refractivity contribution >= 4 is 11.6 Å². The van der Waals surface area contributed by atoms with Gasteiger partial charge in [0, 0.05) is 29.7 Å². The number of aromatic nitrogens is 5. The monoisotopic (exact) mass is 663 g/mol. The van der Waals surface area contributed by atoms with Gasteiger partial charge in [0.05, 0.1) is 11.9 Å². The van der Waals surface area contributed by atoms with E-state index in [2.05, 4.69) is 15.2 Å². The third kappa shape index (κ3) is 6.20. The van der Waals surface area contributed by atoms with Gasteiger partial charge in [-0.25, -0.2) is 9.31 Å². The summed E-state index contributed by atoms with van der Waals surface area (Å²) in [6.07, 6.45) is -0.300. The molecule has 13 heteroatoms. The molecule has 3 heterocycles. The summed E-state index contributed by atoms with van der Waals surface area (Å²) in [6, 6.07) is 16.9. The summed E-state index contributed by atoms with van der Waals surface area (Å²) in [5, 5.41) is 8.41. The summed E-state index contributed by atoms with van der Waals surface area (Å²) in [5.41, 5.74) is 2.75. The minimum atomic E-state index is -4.72. The fourth-order valence-corrected chi connectivity index (χ4v) is 6.34. The zero-order chi connectivity index (χ0) is 34.2. The van der Waals surface area contributed by atoms with E-state index in [1.54, 1.807) is 16.8 Å². The number of hydrogen-bond donors (Lipinski definition) is 1. The quantitative estimate of drug-likeness (QED) is 0.175. The predicted molar refractivity (Wildman–Crippen MR) is 171 cm³/mol. The standard InChI is InChI=1S/C35H36F3N5O5/c1-4-7-28-27(20-21-10-12-22(13-11-21)25-8-5-6-9-26(25)30-40-33(46)48-41-30)31(44)42(29-18-19-39-43(28)29)23-14-16-24(17-15-23)47-32(45)34(2,3)35(36,37)38/h5-6,8-13,18-19,23-24H,4,7,14-17,20H2,1-3H3,(H,40,41,46). The number of carbonyl (C=O) groups is 1. The Labute approximate surface area is 273 Å². The number of ether oxygens (including phenoxy) is 1. The van der Waals surface area contributed by atoms with Crippen LogP contribution in [0.3, 0.4) is 0 Å². The minimum Gasteiger partial charge on any atom is -0.462 e. The van der Waals surface area contributed by atoms with Gasteiger partial charge in [0.25, 0.3) is 5.56 Å². The van der Waals surface area contributed by atoms with Crippen molar-refractivity contribution < 1.29 is 27.2 Å². The maximum absolute atomic E-state index is 14.3. The largest absolute Gasteiger partial charge is 0.462 e. The molecule has 1 aliphatic rings. The lowest BCUT2D eigenvalue weighted by Gasteiger charge is -2.33. The lowest BCUT2D eigenvalue weighted by molar-refractivity contribution is -0.228. The first-order chi connectivity index (χ1) is 22.9. The second-order valence-electron chi connectivity index (χ2n) is 12.8. The molecule has 1 N–H and O–H groups in total. The Bertz CT molecular complexity index is 2050. The van der Waals surface area contributed by atoms with Crippen LogP contribution in [-0.4, -0.2) is 42.6 Å². The van der Waals surface area contributed by atoms with E-state index in [0.717, 1.165) is 42.7 Å². The fraction of sp³-hybridized carbons (Fsp3) is 0.400. The van der Waals surface area contributed by atoms with Crippen LogP contribution in [-0.2, 0) is 22.4 Å². The molecule has 1 aliphatic carbocycles. The van der Waals surface area contributed by atoms with E-state index >= 15 is 0 Å². The first-order valence-electron chi connectivity index (χ1n) is 16.0. The van der Waals surface area contributed by atoms with Crippen molar-refractivity contribution in [2.75, 3.05) is 0 Å². The van der Waals surface area contributed by atoms with Crippen LogP contribution >= 0.6 is 0 Å². The van der Waals surface area contributed by atoms with Gasteiger partial charge >= 0.3 is 17.9 Å². The van der Waals surface area contributed by atoms with Crippen molar-refractivity contribution in [2.45, 2.75) is 84.0 Å². The molecule has 3 aromatic heterocycles. The Balaban J connectivity index is 1.27. The average Bonchev–Trinajstić information content (AvgIpc) is 3.72. The molecule has 0 atom stereocenters. The highest BCUT2D eigenvalue weighted by Crippen LogP contribution is 2.40. The van der Waals surface area contributed by atoms with E-state index in [9.17, 15) is 27.6 Å². The number of aryl methyl sites for hydroxylation is 1. The van der Waals surface area contributed by atoms with Gasteiger partial charge < -0.3 is 4.74 Å². The lowest BCUT2D eigenvalue weighted by Crippen LogP contribution is -2.43. The van der Waals surface area contributed by atoms with Gasteiger partial charge in [0.1, 0.15) is 11.8 Å². The molecule has 1 fully saturated rings. The number of nitrogens with one attached hydrogen (secondary N) is 1. The molecule has 2 aromatic carbocycles. The van der Waals surface area contributed by atoms with Crippen molar-refractivity contribution in [3.63, 3.8) is 0 Å². The molecule has 0 radical (unpaired) electrons. The molecule has 0 saturated heterocycles. The highest BCUT2D eigenvalue weighted by atomic mass is 19.4.